The lowest BCUT2D eigenvalue weighted by Gasteiger charge is -2.21. The first kappa shape index (κ1) is 20.8. The highest BCUT2D eigenvalue weighted by Gasteiger charge is 2.23. The molecule has 2 rings (SSSR count). The maximum atomic E-state index is 12.4. The second-order valence-corrected chi connectivity index (χ2v) is 6.40. The van der Waals surface area contributed by atoms with Gasteiger partial charge in [-0.25, -0.2) is 4.79 Å². The molecule has 0 aliphatic heterocycles. The maximum absolute atomic E-state index is 12.4. The molecule has 0 saturated carbocycles. The minimum absolute atomic E-state index is 0.178. The van der Waals surface area contributed by atoms with Crippen LogP contribution in [0.4, 0.5) is 5.69 Å². The van der Waals surface area contributed by atoms with Gasteiger partial charge in [0.25, 0.3) is 5.91 Å². The molecule has 0 fully saturated rings. The number of nitrogens with one attached hydrogen (secondary N) is 1. The molecule has 2 aromatic rings. The van der Waals surface area contributed by atoms with Gasteiger partial charge in [0.2, 0.25) is 5.91 Å². The summed E-state index contributed by atoms with van der Waals surface area (Å²) in [5.41, 5.74) is 2.36. The lowest BCUT2D eigenvalue weighted by molar-refractivity contribution is -0.140. The second-order valence-electron chi connectivity index (χ2n) is 6.40. The molecule has 0 spiro atoms. The van der Waals surface area contributed by atoms with Gasteiger partial charge in [0.05, 0.1) is 12.1 Å². The number of aldehydes is 1. The molecule has 1 N–H and O–H groups in total. The number of esters is 1. The maximum Gasteiger partial charge on any atom is 0.338 e. The first-order valence-electron chi connectivity index (χ1n) is 8.68. The lowest BCUT2D eigenvalue weighted by atomic mass is 10.1. The molecule has 0 radical (unpaired) electrons. The number of amides is 2. The standard InChI is InChI=1S/C21H22N2O5/c1-14-4-10-18(11-5-14)22-19(25)12-23(3)20(26)15(2)28-21(27)17-8-6-16(13-24)7-9-17/h4-11,13,15H,12H2,1-3H3,(H,22,25)/t15-/m1/s1. The van der Waals surface area contributed by atoms with Crippen molar-refractivity contribution in [2.75, 3.05) is 18.9 Å². The number of rotatable bonds is 7. The monoisotopic (exact) mass is 382 g/mol. The van der Waals surface area contributed by atoms with Gasteiger partial charge in [-0.1, -0.05) is 29.8 Å². The van der Waals surface area contributed by atoms with Crippen molar-refractivity contribution in [2.24, 2.45) is 0 Å². The molecule has 7 heteroatoms. The van der Waals surface area contributed by atoms with Crippen LogP contribution in [0.2, 0.25) is 0 Å². The molecular formula is C21H22N2O5. The molecule has 0 bridgehead atoms. The molecule has 28 heavy (non-hydrogen) atoms. The van der Waals surface area contributed by atoms with Crippen molar-refractivity contribution >= 4 is 29.8 Å². The predicted molar refractivity (Wildman–Crippen MR) is 104 cm³/mol. The van der Waals surface area contributed by atoms with E-state index in [0.29, 0.717) is 17.5 Å². The molecular weight excluding hydrogens is 360 g/mol. The summed E-state index contributed by atoms with van der Waals surface area (Å²) in [6, 6.07) is 13.1. The Morgan fingerprint density at radius 1 is 1.07 bits per heavy atom. The highest BCUT2D eigenvalue weighted by Crippen LogP contribution is 2.10. The Hall–Kier alpha value is -3.48. The Balaban J connectivity index is 1.88. The SMILES string of the molecule is Cc1ccc(NC(=O)CN(C)C(=O)[C@@H](C)OC(=O)c2ccc(C=O)cc2)cc1. The summed E-state index contributed by atoms with van der Waals surface area (Å²) >= 11 is 0. The van der Waals surface area contributed by atoms with Crippen LogP contribution in [0.15, 0.2) is 48.5 Å². The molecule has 0 saturated heterocycles. The number of ether oxygens (including phenoxy) is 1. The van der Waals surface area contributed by atoms with E-state index in [1.54, 1.807) is 12.1 Å². The first-order chi connectivity index (χ1) is 13.3. The number of hydrogen-bond donors (Lipinski definition) is 1. The van der Waals surface area contributed by atoms with E-state index in [1.807, 2.05) is 19.1 Å². The van der Waals surface area contributed by atoms with E-state index in [4.69, 9.17) is 4.74 Å². The minimum Gasteiger partial charge on any atom is -0.449 e. The fourth-order valence-corrected chi connectivity index (χ4v) is 2.42. The van der Waals surface area contributed by atoms with Gasteiger partial charge in [0, 0.05) is 18.3 Å². The summed E-state index contributed by atoms with van der Waals surface area (Å²) in [5, 5.41) is 2.70. The van der Waals surface area contributed by atoms with E-state index >= 15 is 0 Å². The van der Waals surface area contributed by atoms with Crippen molar-refractivity contribution in [1.82, 2.24) is 4.90 Å². The van der Waals surface area contributed by atoms with Crippen LogP contribution in [0.1, 0.15) is 33.2 Å². The third kappa shape index (κ3) is 5.77. The molecule has 0 aromatic heterocycles. The van der Waals surface area contributed by atoms with E-state index in [9.17, 15) is 19.2 Å². The van der Waals surface area contributed by atoms with Gasteiger partial charge in [-0.3, -0.25) is 14.4 Å². The van der Waals surface area contributed by atoms with Gasteiger partial charge >= 0.3 is 5.97 Å². The Kier molecular flexibility index (Phi) is 7.03. The van der Waals surface area contributed by atoms with Gasteiger partial charge in [0.1, 0.15) is 6.29 Å². The normalized spacial score (nSPS) is 11.2. The lowest BCUT2D eigenvalue weighted by Crippen LogP contribution is -2.41. The molecule has 2 amide bonds. The van der Waals surface area contributed by atoms with Crippen LogP contribution in [-0.4, -0.2) is 48.7 Å². The number of anilines is 1. The molecule has 0 heterocycles. The van der Waals surface area contributed by atoms with Gasteiger partial charge in [0.15, 0.2) is 6.10 Å². The van der Waals surface area contributed by atoms with Crippen molar-refractivity contribution in [1.29, 1.82) is 0 Å². The smallest absolute Gasteiger partial charge is 0.338 e. The summed E-state index contributed by atoms with van der Waals surface area (Å²) in [4.78, 5) is 48.4. The van der Waals surface area contributed by atoms with Crippen LogP contribution in [0.3, 0.4) is 0 Å². The van der Waals surface area contributed by atoms with Crippen molar-refractivity contribution in [2.45, 2.75) is 20.0 Å². The number of likely N-dealkylation sites (N-methyl/N-ethyl adjacent to an activating group) is 1. The summed E-state index contributed by atoms with van der Waals surface area (Å²) in [6.45, 7) is 3.20. The van der Waals surface area contributed by atoms with Crippen LogP contribution in [0.25, 0.3) is 0 Å². The van der Waals surface area contributed by atoms with E-state index in [-0.39, 0.29) is 18.0 Å². The molecule has 0 aliphatic rings. The van der Waals surface area contributed by atoms with Gasteiger partial charge in [-0.05, 0) is 38.1 Å². The van der Waals surface area contributed by atoms with Crippen molar-refractivity contribution in [3.8, 4) is 0 Å². The Labute approximate surface area is 163 Å². The van der Waals surface area contributed by atoms with Crippen molar-refractivity contribution in [3.05, 3.63) is 65.2 Å². The van der Waals surface area contributed by atoms with Gasteiger partial charge in [-0.2, -0.15) is 0 Å². The average molecular weight is 382 g/mol. The van der Waals surface area contributed by atoms with Crippen LogP contribution >= 0.6 is 0 Å². The molecule has 0 unspecified atom stereocenters. The molecule has 1 atom stereocenters. The van der Waals surface area contributed by atoms with E-state index in [1.165, 1.54) is 43.1 Å². The van der Waals surface area contributed by atoms with E-state index < -0.39 is 18.0 Å². The van der Waals surface area contributed by atoms with Crippen molar-refractivity contribution < 1.29 is 23.9 Å². The van der Waals surface area contributed by atoms with E-state index in [2.05, 4.69) is 5.32 Å². The Morgan fingerprint density at radius 3 is 2.25 bits per heavy atom. The number of benzene rings is 2. The fourth-order valence-electron chi connectivity index (χ4n) is 2.42. The largest absolute Gasteiger partial charge is 0.449 e. The van der Waals surface area contributed by atoms with Gasteiger partial charge in [-0.15, -0.1) is 0 Å². The van der Waals surface area contributed by atoms with E-state index in [0.717, 1.165) is 5.56 Å². The second kappa shape index (κ2) is 9.45. The van der Waals surface area contributed by atoms with Crippen LogP contribution in [0.5, 0.6) is 0 Å². The highest BCUT2D eigenvalue weighted by atomic mass is 16.5. The van der Waals surface area contributed by atoms with Gasteiger partial charge < -0.3 is 15.0 Å². The quantitative estimate of drug-likeness (QED) is 0.587. The molecule has 146 valence electrons. The molecule has 7 nitrogen and oxygen atoms in total. The zero-order chi connectivity index (χ0) is 20.7. The highest BCUT2D eigenvalue weighted by molar-refractivity contribution is 5.96. The number of nitrogens with zero attached hydrogens (tertiary/aromatic N) is 1. The van der Waals surface area contributed by atoms with Crippen molar-refractivity contribution in [3.63, 3.8) is 0 Å². The third-order valence-electron chi connectivity index (χ3n) is 4.01. The average Bonchev–Trinajstić information content (AvgIpc) is 2.68. The Bertz CT molecular complexity index is 859. The van der Waals surface area contributed by atoms with Crippen LogP contribution < -0.4 is 5.32 Å². The molecule has 0 aliphatic carbocycles. The van der Waals surface area contributed by atoms with Crippen LogP contribution in [-0.2, 0) is 14.3 Å². The van der Waals surface area contributed by atoms with Crippen LogP contribution in [0, 0.1) is 6.92 Å². The summed E-state index contributed by atoms with van der Waals surface area (Å²) in [7, 11) is 1.46. The zero-order valence-corrected chi connectivity index (χ0v) is 16.0. The molecule has 2 aromatic carbocycles. The fraction of sp³-hybridized carbons (Fsp3) is 0.238. The summed E-state index contributed by atoms with van der Waals surface area (Å²) in [6.07, 6.45) is -0.395. The first-order valence-corrected chi connectivity index (χ1v) is 8.68. The minimum atomic E-state index is -1.06. The zero-order valence-electron chi connectivity index (χ0n) is 16.0. The number of hydrogen-bond acceptors (Lipinski definition) is 5. The number of aryl methyl sites for hydroxylation is 1. The predicted octanol–water partition coefficient (Wildman–Crippen LogP) is 2.45. The Morgan fingerprint density at radius 2 is 1.68 bits per heavy atom. The topological polar surface area (TPSA) is 92.8 Å². The summed E-state index contributed by atoms with van der Waals surface area (Å²) < 4.78 is 5.16. The number of carbonyl (C=O) groups is 4. The third-order valence-corrected chi connectivity index (χ3v) is 4.01. The summed E-state index contributed by atoms with van der Waals surface area (Å²) in [5.74, 6) is -1.55. The number of carbonyl (C=O) groups excluding carboxylic acids is 4.